The minimum Gasteiger partial charge on any atom is -0.486 e. The summed E-state index contributed by atoms with van der Waals surface area (Å²) in [4.78, 5) is 0. The Morgan fingerprint density at radius 1 is 1.16 bits per heavy atom. The van der Waals surface area contributed by atoms with Crippen molar-refractivity contribution in [2.45, 2.75) is 46.0 Å². The molecular formula is C17H22O2. The van der Waals surface area contributed by atoms with Crippen molar-refractivity contribution in [1.82, 2.24) is 0 Å². The fourth-order valence-electron chi connectivity index (χ4n) is 3.31. The Hall–Kier alpha value is -1.28. The van der Waals surface area contributed by atoms with Crippen molar-refractivity contribution in [3.63, 3.8) is 0 Å². The average molecular weight is 258 g/mol. The molecule has 0 N–H and O–H groups in total. The third kappa shape index (κ3) is 2.08. The highest BCUT2D eigenvalue weighted by Gasteiger charge is 2.48. The van der Waals surface area contributed by atoms with E-state index >= 15 is 0 Å². The zero-order valence-electron chi connectivity index (χ0n) is 12.1. The quantitative estimate of drug-likeness (QED) is 0.705. The first-order valence-corrected chi connectivity index (χ1v) is 7.14. The van der Waals surface area contributed by atoms with Crippen LogP contribution < -0.4 is 4.74 Å². The van der Waals surface area contributed by atoms with Crippen LogP contribution in [0.4, 0.5) is 0 Å². The van der Waals surface area contributed by atoms with E-state index in [4.69, 9.17) is 9.47 Å². The molecule has 2 aliphatic rings. The first-order valence-electron chi connectivity index (χ1n) is 7.14. The molecule has 2 heteroatoms. The van der Waals surface area contributed by atoms with Crippen molar-refractivity contribution in [2.75, 3.05) is 0 Å². The molecule has 1 aromatic carbocycles. The van der Waals surface area contributed by atoms with Crippen molar-refractivity contribution < 1.29 is 9.47 Å². The summed E-state index contributed by atoms with van der Waals surface area (Å²) < 4.78 is 12.4. The van der Waals surface area contributed by atoms with Crippen LogP contribution in [0.2, 0.25) is 0 Å². The van der Waals surface area contributed by atoms with E-state index in [2.05, 4.69) is 52.0 Å². The van der Waals surface area contributed by atoms with E-state index in [1.54, 1.807) is 0 Å². The molecule has 2 heterocycles. The molecule has 1 saturated heterocycles. The molecule has 2 nitrogen and oxygen atoms in total. The van der Waals surface area contributed by atoms with Crippen LogP contribution >= 0.6 is 0 Å². The van der Waals surface area contributed by atoms with Crippen LogP contribution in [0.3, 0.4) is 0 Å². The van der Waals surface area contributed by atoms with Gasteiger partial charge in [0.2, 0.25) is 0 Å². The van der Waals surface area contributed by atoms with Crippen molar-refractivity contribution in [3.8, 4) is 5.75 Å². The highest BCUT2D eigenvalue weighted by Crippen LogP contribution is 2.50. The summed E-state index contributed by atoms with van der Waals surface area (Å²) in [5.41, 5.74) is 2.51. The second kappa shape index (κ2) is 4.68. The summed E-state index contributed by atoms with van der Waals surface area (Å²) in [6.07, 6.45) is 2.84. The summed E-state index contributed by atoms with van der Waals surface area (Å²) in [7, 11) is 0. The van der Waals surface area contributed by atoms with E-state index in [9.17, 15) is 0 Å². The summed E-state index contributed by atoms with van der Waals surface area (Å²) in [5.74, 6) is 1.91. The fourth-order valence-corrected chi connectivity index (χ4v) is 3.31. The van der Waals surface area contributed by atoms with Crippen LogP contribution in [0.1, 0.15) is 39.4 Å². The van der Waals surface area contributed by atoms with Gasteiger partial charge in [-0.3, -0.25) is 0 Å². The van der Waals surface area contributed by atoms with Gasteiger partial charge in [0.15, 0.2) is 0 Å². The first-order chi connectivity index (χ1) is 9.08. The second-order valence-electron chi connectivity index (χ2n) is 6.06. The maximum absolute atomic E-state index is 6.22. The molecule has 3 rings (SSSR count). The largest absolute Gasteiger partial charge is 0.486 e. The van der Waals surface area contributed by atoms with Gasteiger partial charge in [-0.15, -0.1) is 0 Å². The molecule has 0 bridgehead atoms. The zero-order chi connectivity index (χ0) is 13.6. The maximum Gasteiger partial charge on any atom is 0.126 e. The number of hydrogen-bond acceptors (Lipinski definition) is 2. The number of benzene rings is 1. The molecule has 0 radical (unpaired) electrons. The normalized spacial score (nSPS) is 36.1. The van der Waals surface area contributed by atoms with Crippen LogP contribution in [-0.4, -0.2) is 12.2 Å². The van der Waals surface area contributed by atoms with Gasteiger partial charge in [0.1, 0.15) is 11.9 Å². The third-order valence-corrected chi connectivity index (χ3v) is 4.42. The van der Waals surface area contributed by atoms with Gasteiger partial charge in [-0.05, 0) is 38.8 Å². The van der Waals surface area contributed by atoms with Crippen molar-refractivity contribution >= 4 is 0 Å². The molecule has 5 atom stereocenters. The molecule has 19 heavy (non-hydrogen) atoms. The molecule has 1 fully saturated rings. The SMILES string of the molecule is CC(C)=C[C@@H]1Oc2ccccc2[C@@H]2O[C@H](C)[C@@H](C)[C@H]12. The molecular weight excluding hydrogens is 236 g/mol. The Bertz CT molecular complexity index is 502. The Morgan fingerprint density at radius 2 is 1.89 bits per heavy atom. The van der Waals surface area contributed by atoms with Gasteiger partial charge in [-0.1, -0.05) is 30.7 Å². The lowest BCUT2D eigenvalue weighted by Crippen LogP contribution is -2.35. The van der Waals surface area contributed by atoms with Gasteiger partial charge in [0.25, 0.3) is 0 Å². The Morgan fingerprint density at radius 3 is 2.63 bits per heavy atom. The van der Waals surface area contributed by atoms with Gasteiger partial charge in [0.05, 0.1) is 12.2 Å². The van der Waals surface area contributed by atoms with Gasteiger partial charge >= 0.3 is 0 Å². The molecule has 0 amide bonds. The van der Waals surface area contributed by atoms with E-state index in [-0.39, 0.29) is 18.3 Å². The minimum atomic E-state index is 0.129. The topological polar surface area (TPSA) is 18.5 Å². The molecule has 2 aliphatic heterocycles. The second-order valence-corrected chi connectivity index (χ2v) is 6.06. The zero-order valence-corrected chi connectivity index (χ0v) is 12.1. The summed E-state index contributed by atoms with van der Waals surface area (Å²) >= 11 is 0. The molecule has 1 aromatic rings. The average Bonchev–Trinajstić information content (AvgIpc) is 2.66. The number of allylic oxidation sites excluding steroid dienone is 1. The molecule has 0 aliphatic carbocycles. The lowest BCUT2D eigenvalue weighted by Gasteiger charge is -2.35. The number of para-hydroxylation sites is 1. The van der Waals surface area contributed by atoms with Gasteiger partial charge in [-0.25, -0.2) is 0 Å². The van der Waals surface area contributed by atoms with Crippen LogP contribution in [0.15, 0.2) is 35.9 Å². The minimum absolute atomic E-state index is 0.129. The lowest BCUT2D eigenvalue weighted by atomic mass is 9.79. The highest BCUT2D eigenvalue weighted by atomic mass is 16.5. The molecule has 0 unspecified atom stereocenters. The van der Waals surface area contributed by atoms with E-state index in [0.717, 1.165) is 5.75 Å². The molecule has 0 saturated carbocycles. The van der Waals surface area contributed by atoms with E-state index in [1.165, 1.54) is 11.1 Å². The van der Waals surface area contributed by atoms with Gasteiger partial charge in [0, 0.05) is 11.5 Å². The van der Waals surface area contributed by atoms with E-state index < -0.39 is 0 Å². The standard InChI is InChI=1S/C17H22O2/c1-10(2)9-15-16-11(3)12(4)18-17(16)13-7-5-6-8-14(13)19-15/h5-9,11-12,15-17H,1-4H3/t11-,12-,15+,16-,17+/m1/s1. The Kier molecular flexibility index (Phi) is 3.14. The summed E-state index contributed by atoms with van der Waals surface area (Å²) in [6, 6.07) is 8.28. The number of rotatable bonds is 1. The highest BCUT2D eigenvalue weighted by molar-refractivity contribution is 5.39. The van der Waals surface area contributed by atoms with E-state index in [1.807, 2.05) is 6.07 Å². The number of fused-ring (bicyclic) bond motifs is 3. The predicted molar refractivity (Wildman–Crippen MR) is 76.2 cm³/mol. The van der Waals surface area contributed by atoms with Gasteiger partial charge in [-0.2, -0.15) is 0 Å². The molecule has 0 spiro atoms. The maximum atomic E-state index is 6.22. The summed E-state index contributed by atoms with van der Waals surface area (Å²) in [6.45, 7) is 8.70. The Balaban J connectivity index is 2.05. The molecule has 102 valence electrons. The van der Waals surface area contributed by atoms with Gasteiger partial charge < -0.3 is 9.47 Å². The smallest absolute Gasteiger partial charge is 0.126 e. The number of ether oxygens (including phenoxy) is 2. The first kappa shape index (κ1) is 12.7. The predicted octanol–water partition coefficient (Wildman–Crippen LogP) is 4.13. The lowest BCUT2D eigenvalue weighted by molar-refractivity contribution is 0.0102. The Labute approximate surface area is 115 Å². The number of hydrogen-bond donors (Lipinski definition) is 0. The van der Waals surface area contributed by atoms with Crippen molar-refractivity contribution in [3.05, 3.63) is 41.5 Å². The van der Waals surface area contributed by atoms with Crippen LogP contribution in [0, 0.1) is 11.8 Å². The fraction of sp³-hybridized carbons (Fsp3) is 0.529. The van der Waals surface area contributed by atoms with Crippen LogP contribution in [-0.2, 0) is 4.74 Å². The van der Waals surface area contributed by atoms with Crippen LogP contribution in [0.5, 0.6) is 5.75 Å². The van der Waals surface area contributed by atoms with Crippen LogP contribution in [0.25, 0.3) is 0 Å². The van der Waals surface area contributed by atoms with Crippen molar-refractivity contribution in [1.29, 1.82) is 0 Å². The summed E-state index contributed by atoms with van der Waals surface area (Å²) in [5, 5.41) is 0. The van der Waals surface area contributed by atoms with Crippen molar-refractivity contribution in [2.24, 2.45) is 11.8 Å². The molecule has 0 aromatic heterocycles. The third-order valence-electron chi connectivity index (χ3n) is 4.42. The monoisotopic (exact) mass is 258 g/mol. The van der Waals surface area contributed by atoms with E-state index in [0.29, 0.717) is 11.8 Å².